The highest BCUT2D eigenvalue weighted by Gasteiger charge is 2.17. The minimum atomic E-state index is -0.206. The van der Waals surface area contributed by atoms with Crippen LogP contribution in [0.1, 0.15) is 5.56 Å². The van der Waals surface area contributed by atoms with Crippen molar-refractivity contribution in [1.82, 2.24) is 0 Å². The van der Waals surface area contributed by atoms with E-state index in [9.17, 15) is 15.5 Å². The lowest BCUT2D eigenvalue weighted by Crippen LogP contribution is -1.99. The third kappa shape index (κ3) is 3.55. The summed E-state index contributed by atoms with van der Waals surface area (Å²) in [6, 6.07) is 18.5. The average molecular weight is 345 g/mol. The molecule has 26 heavy (non-hydrogen) atoms. The van der Waals surface area contributed by atoms with Crippen molar-refractivity contribution in [3.63, 3.8) is 0 Å². The summed E-state index contributed by atoms with van der Waals surface area (Å²) in [4.78, 5) is 0. The molecule has 0 amide bonds. The lowest BCUT2D eigenvalue weighted by molar-refractivity contribution is 0.475. The van der Waals surface area contributed by atoms with Crippen LogP contribution >= 0.6 is 0 Å². The van der Waals surface area contributed by atoms with Crippen LogP contribution in [-0.2, 0) is 0 Å². The van der Waals surface area contributed by atoms with E-state index in [1.165, 1.54) is 18.2 Å². The SMILES string of the molecule is N#Cc1c(N)cc(O)c(N=Nc2ccc(O)cc2)c1Nc1ccccc1. The van der Waals surface area contributed by atoms with Gasteiger partial charge in [-0.2, -0.15) is 10.4 Å². The zero-order valence-corrected chi connectivity index (χ0v) is 13.6. The molecule has 3 aromatic rings. The molecular weight excluding hydrogens is 330 g/mol. The molecule has 0 unspecified atom stereocenters. The summed E-state index contributed by atoms with van der Waals surface area (Å²) in [5.74, 6) is -0.0973. The molecular formula is C19H15N5O2. The minimum absolute atomic E-state index is 0.0904. The number of nitrogen functional groups attached to an aromatic ring is 1. The number of aromatic hydroxyl groups is 2. The lowest BCUT2D eigenvalue weighted by atomic mass is 10.1. The molecule has 3 rings (SSSR count). The molecule has 0 heterocycles. The molecule has 0 radical (unpaired) electrons. The number of nitrogens with one attached hydrogen (secondary N) is 1. The summed E-state index contributed by atoms with van der Waals surface area (Å²) in [7, 11) is 0. The van der Waals surface area contributed by atoms with Crippen LogP contribution in [0.2, 0.25) is 0 Å². The van der Waals surface area contributed by atoms with Gasteiger partial charge in [-0.15, -0.1) is 5.11 Å². The molecule has 0 fully saturated rings. The Hall–Kier alpha value is -4.05. The molecule has 0 spiro atoms. The molecule has 0 aromatic heterocycles. The van der Waals surface area contributed by atoms with Crippen molar-refractivity contribution >= 4 is 28.4 Å². The van der Waals surface area contributed by atoms with Gasteiger partial charge in [0.05, 0.1) is 17.1 Å². The van der Waals surface area contributed by atoms with Crippen LogP contribution in [0.25, 0.3) is 0 Å². The predicted molar refractivity (Wildman–Crippen MR) is 99.2 cm³/mol. The van der Waals surface area contributed by atoms with E-state index < -0.39 is 0 Å². The Kier molecular flexibility index (Phi) is 4.67. The zero-order valence-electron chi connectivity index (χ0n) is 13.6. The largest absolute Gasteiger partial charge is 0.508 e. The Morgan fingerprint density at radius 2 is 1.65 bits per heavy atom. The molecule has 0 bridgehead atoms. The number of anilines is 3. The van der Waals surface area contributed by atoms with Gasteiger partial charge in [0.15, 0.2) is 5.69 Å². The quantitative estimate of drug-likeness (QED) is 0.402. The van der Waals surface area contributed by atoms with Gasteiger partial charge < -0.3 is 21.3 Å². The number of phenolic OH excluding ortho intramolecular Hbond substituents is 2. The Balaban J connectivity index is 2.08. The predicted octanol–water partition coefficient (Wildman–Crippen LogP) is 4.71. The summed E-state index contributed by atoms with van der Waals surface area (Å²) < 4.78 is 0. The highest BCUT2D eigenvalue weighted by molar-refractivity contribution is 5.87. The van der Waals surface area contributed by atoms with Gasteiger partial charge in [0.1, 0.15) is 23.1 Å². The van der Waals surface area contributed by atoms with Gasteiger partial charge in [-0.25, -0.2) is 0 Å². The number of rotatable bonds is 4. The van der Waals surface area contributed by atoms with Gasteiger partial charge in [0.2, 0.25) is 0 Å². The number of nitriles is 1. The first kappa shape index (κ1) is 16.8. The number of para-hydroxylation sites is 1. The lowest BCUT2D eigenvalue weighted by Gasteiger charge is -2.13. The normalized spacial score (nSPS) is 10.6. The molecule has 7 heteroatoms. The molecule has 0 aliphatic heterocycles. The fourth-order valence-electron chi connectivity index (χ4n) is 2.31. The summed E-state index contributed by atoms with van der Waals surface area (Å²) >= 11 is 0. The van der Waals surface area contributed by atoms with E-state index in [-0.39, 0.29) is 34.1 Å². The monoisotopic (exact) mass is 345 g/mol. The van der Waals surface area contributed by atoms with Crippen molar-refractivity contribution in [2.45, 2.75) is 0 Å². The number of phenols is 2. The highest BCUT2D eigenvalue weighted by atomic mass is 16.3. The van der Waals surface area contributed by atoms with Gasteiger partial charge in [-0.3, -0.25) is 0 Å². The number of nitrogens with two attached hydrogens (primary N) is 1. The van der Waals surface area contributed by atoms with E-state index >= 15 is 0 Å². The molecule has 0 aliphatic rings. The average Bonchev–Trinajstić information content (AvgIpc) is 2.64. The number of benzene rings is 3. The maximum atomic E-state index is 10.3. The van der Waals surface area contributed by atoms with Crippen molar-refractivity contribution in [1.29, 1.82) is 5.26 Å². The van der Waals surface area contributed by atoms with Crippen molar-refractivity contribution in [2.24, 2.45) is 10.2 Å². The van der Waals surface area contributed by atoms with Crippen LogP contribution in [0.3, 0.4) is 0 Å². The Morgan fingerprint density at radius 1 is 0.962 bits per heavy atom. The molecule has 0 saturated carbocycles. The van der Waals surface area contributed by atoms with Gasteiger partial charge >= 0.3 is 0 Å². The third-order valence-electron chi connectivity index (χ3n) is 3.58. The maximum absolute atomic E-state index is 10.3. The van der Waals surface area contributed by atoms with Crippen molar-refractivity contribution in [2.75, 3.05) is 11.1 Å². The van der Waals surface area contributed by atoms with Crippen LogP contribution in [-0.4, -0.2) is 10.2 Å². The standard InChI is InChI=1S/C19H15N5O2/c20-11-15-16(21)10-17(26)19(18(15)22-12-4-2-1-3-5-12)24-23-13-6-8-14(25)9-7-13/h1-10,22,25-26H,21H2. The van der Waals surface area contributed by atoms with Crippen LogP contribution in [0.15, 0.2) is 70.9 Å². The highest BCUT2D eigenvalue weighted by Crippen LogP contribution is 2.42. The van der Waals surface area contributed by atoms with Crippen molar-refractivity contribution in [3.05, 3.63) is 66.2 Å². The molecule has 3 aromatic carbocycles. The van der Waals surface area contributed by atoms with Gasteiger partial charge in [-0.1, -0.05) is 18.2 Å². The van der Waals surface area contributed by atoms with Crippen LogP contribution in [0, 0.1) is 11.3 Å². The topological polar surface area (TPSA) is 127 Å². The number of nitrogens with zero attached hydrogens (tertiary/aromatic N) is 3. The van der Waals surface area contributed by atoms with E-state index in [0.717, 1.165) is 0 Å². The first-order valence-electron chi connectivity index (χ1n) is 7.67. The van der Waals surface area contributed by atoms with E-state index in [4.69, 9.17) is 5.73 Å². The fourth-order valence-corrected chi connectivity index (χ4v) is 2.31. The Labute approximate surface area is 149 Å². The Bertz CT molecular complexity index is 993. The zero-order chi connectivity index (χ0) is 18.5. The van der Waals surface area contributed by atoms with Crippen LogP contribution < -0.4 is 11.1 Å². The van der Waals surface area contributed by atoms with Crippen LogP contribution in [0.5, 0.6) is 11.5 Å². The number of hydrogen-bond acceptors (Lipinski definition) is 7. The molecule has 128 valence electrons. The van der Waals surface area contributed by atoms with Gasteiger partial charge in [-0.05, 0) is 36.4 Å². The van der Waals surface area contributed by atoms with Gasteiger partial charge in [0, 0.05) is 11.8 Å². The van der Waals surface area contributed by atoms with Crippen LogP contribution in [0.4, 0.5) is 28.4 Å². The molecule has 0 aliphatic carbocycles. The van der Waals surface area contributed by atoms with Crippen molar-refractivity contribution in [3.8, 4) is 17.6 Å². The van der Waals surface area contributed by atoms with E-state index in [1.807, 2.05) is 36.4 Å². The second-order valence-corrected chi connectivity index (χ2v) is 5.40. The number of azo groups is 1. The fraction of sp³-hybridized carbons (Fsp3) is 0. The molecule has 0 atom stereocenters. The second-order valence-electron chi connectivity index (χ2n) is 5.40. The Morgan fingerprint density at radius 3 is 2.31 bits per heavy atom. The molecule has 5 N–H and O–H groups in total. The third-order valence-corrected chi connectivity index (χ3v) is 3.58. The molecule has 0 saturated heterocycles. The summed E-state index contributed by atoms with van der Waals surface area (Å²) in [5.41, 5.74) is 7.68. The van der Waals surface area contributed by atoms with E-state index in [2.05, 4.69) is 15.5 Å². The van der Waals surface area contributed by atoms with E-state index in [1.54, 1.807) is 12.1 Å². The summed E-state index contributed by atoms with van der Waals surface area (Å²) in [6.07, 6.45) is 0. The minimum Gasteiger partial charge on any atom is -0.508 e. The van der Waals surface area contributed by atoms with Crippen molar-refractivity contribution < 1.29 is 10.2 Å². The van der Waals surface area contributed by atoms with Gasteiger partial charge in [0.25, 0.3) is 0 Å². The second kappa shape index (κ2) is 7.23. The summed E-state index contributed by atoms with van der Waals surface area (Å²) in [5, 5.41) is 40.2. The smallest absolute Gasteiger partial charge is 0.152 e. The first-order valence-corrected chi connectivity index (χ1v) is 7.67. The number of hydrogen-bond donors (Lipinski definition) is 4. The maximum Gasteiger partial charge on any atom is 0.152 e. The molecule has 7 nitrogen and oxygen atoms in total. The van der Waals surface area contributed by atoms with E-state index in [0.29, 0.717) is 11.4 Å². The first-order chi connectivity index (χ1) is 12.6. The summed E-state index contributed by atoms with van der Waals surface area (Å²) in [6.45, 7) is 0.